The van der Waals surface area contributed by atoms with Gasteiger partial charge < -0.3 is 15.4 Å². The number of nitrogens with zero attached hydrogens (tertiary/aromatic N) is 3. The number of nitriles is 1. The topological polar surface area (TPSA) is 99.0 Å². The second-order valence-corrected chi connectivity index (χ2v) is 6.40. The SMILES string of the molecule is C=CCOc1c(N)cncc1Cl.Cc1ccc(C#N)cc1CN(C)C(=N)S. The van der Waals surface area contributed by atoms with Crippen LogP contribution in [0.5, 0.6) is 5.75 Å². The Hall–Kier alpha value is -2.69. The van der Waals surface area contributed by atoms with Crippen molar-refractivity contribution in [1.29, 1.82) is 10.7 Å². The molecule has 0 aliphatic carbocycles. The number of nitrogens with two attached hydrogens (primary N) is 1. The predicted molar refractivity (Wildman–Crippen MR) is 113 cm³/mol. The fourth-order valence-electron chi connectivity index (χ4n) is 1.97. The summed E-state index contributed by atoms with van der Waals surface area (Å²) in [5, 5.41) is 16.8. The van der Waals surface area contributed by atoms with Gasteiger partial charge in [0, 0.05) is 19.8 Å². The van der Waals surface area contributed by atoms with Gasteiger partial charge in [0.2, 0.25) is 0 Å². The first-order valence-electron chi connectivity index (χ1n) is 7.91. The van der Waals surface area contributed by atoms with Crippen LogP contribution in [-0.2, 0) is 6.54 Å². The molecule has 0 saturated heterocycles. The van der Waals surface area contributed by atoms with Crippen LogP contribution in [0.3, 0.4) is 0 Å². The molecule has 0 unspecified atom stereocenters. The van der Waals surface area contributed by atoms with Crippen molar-refractivity contribution in [2.75, 3.05) is 19.4 Å². The smallest absolute Gasteiger partial charge is 0.164 e. The van der Waals surface area contributed by atoms with Gasteiger partial charge in [-0.15, -0.1) is 12.6 Å². The molecule has 2 aromatic rings. The molecule has 6 nitrogen and oxygen atoms in total. The van der Waals surface area contributed by atoms with Gasteiger partial charge in [0.25, 0.3) is 0 Å². The highest BCUT2D eigenvalue weighted by molar-refractivity contribution is 7.96. The fourth-order valence-corrected chi connectivity index (χ4v) is 2.27. The van der Waals surface area contributed by atoms with E-state index in [2.05, 4.69) is 30.3 Å². The molecular weight excluding hydrogens is 382 g/mol. The molecule has 27 heavy (non-hydrogen) atoms. The number of nitrogens with one attached hydrogen (secondary N) is 1. The number of rotatable bonds is 5. The maximum atomic E-state index is 8.78. The van der Waals surface area contributed by atoms with Gasteiger partial charge in [0.15, 0.2) is 10.9 Å². The van der Waals surface area contributed by atoms with E-state index in [-0.39, 0.29) is 5.17 Å². The van der Waals surface area contributed by atoms with Crippen LogP contribution in [0, 0.1) is 23.7 Å². The van der Waals surface area contributed by atoms with E-state index in [4.69, 9.17) is 32.7 Å². The van der Waals surface area contributed by atoms with E-state index in [9.17, 15) is 0 Å². The van der Waals surface area contributed by atoms with Gasteiger partial charge in [-0.3, -0.25) is 10.4 Å². The summed E-state index contributed by atoms with van der Waals surface area (Å²) in [7, 11) is 1.80. The van der Waals surface area contributed by atoms with Gasteiger partial charge in [-0.05, 0) is 30.2 Å². The molecule has 3 N–H and O–H groups in total. The summed E-state index contributed by atoms with van der Waals surface area (Å²) in [6.07, 6.45) is 4.59. The molecule has 0 aliphatic rings. The summed E-state index contributed by atoms with van der Waals surface area (Å²) in [5.41, 5.74) is 8.81. The van der Waals surface area contributed by atoms with Crippen molar-refractivity contribution in [3.8, 4) is 11.8 Å². The standard InChI is InChI=1S/C11H13N3S.C8H9ClN2O/c1-8-3-4-9(6-12)5-10(8)7-14(2)11(13)15;1-2-3-12-8-6(9)4-11-5-7(8)10/h3-5H,7H2,1-2H3,(H2,13,15);2,4-5H,1,3,10H2. The molecule has 0 amide bonds. The predicted octanol–water partition coefficient (Wildman–Crippen LogP) is 4.05. The molecule has 0 bridgehead atoms. The van der Waals surface area contributed by atoms with Crippen LogP contribution < -0.4 is 10.5 Å². The Morgan fingerprint density at radius 1 is 1.52 bits per heavy atom. The first-order chi connectivity index (χ1) is 12.8. The molecule has 0 fully saturated rings. The normalized spacial score (nSPS) is 9.44. The van der Waals surface area contributed by atoms with E-state index in [1.165, 1.54) is 12.4 Å². The van der Waals surface area contributed by atoms with Crippen LogP contribution in [0.4, 0.5) is 5.69 Å². The first kappa shape index (κ1) is 22.4. The van der Waals surface area contributed by atoms with Gasteiger partial charge in [-0.25, -0.2) is 0 Å². The lowest BCUT2D eigenvalue weighted by Gasteiger charge is -2.17. The molecule has 1 aromatic carbocycles. The van der Waals surface area contributed by atoms with Crippen LogP contribution >= 0.6 is 24.2 Å². The van der Waals surface area contributed by atoms with Crippen molar-refractivity contribution < 1.29 is 4.74 Å². The van der Waals surface area contributed by atoms with Crippen molar-refractivity contribution >= 4 is 35.1 Å². The first-order valence-corrected chi connectivity index (χ1v) is 8.73. The van der Waals surface area contributed by atoms with E-state index in [0.717, 1.165) is 11.1 Å². The van der Waals surface area contributed by atoms with Crippen LogP contribution in [0.15, 0.2) is 43.2 Å². The second kappa shape index (κ2) is 11.1. The van der Waals surface area contributed by atoms with Crippen LogP contribution in [-0.4, -0.2) is 28.7 Å². The number of hydrogen-bond donors (Lipinski definition) is 3. The minimum absolute atomic E-state index is 0.219. The van der Waals surface area contributed by atoms with Crippen molar-refractivity contribution in [1.82, 2.24) is 9.88 Å². The Morgan fingerprint density at radius 2 is 2.22 bits per heavy atom. The quantitative estimate of drug-likeness (QED) is 0.303. The van der Waals surface area contributed by atoms with Gasteiger partial charge >= 0.3 is 0 Å². The van der Waals surface area contributed by atoms with Crippen LogP contribution in [0.2, 0.25) is 5.02 Å². The van der Waals surface area contributed by atoms with Gasteiger partial charge in [0.05, 0.1) is 23.5 Å². The van der Waals surface area contributed by atoms with Gasteiger partial charge in [-0.2, -0.15) is 5.26 Å². The maximum Gasteiger partial charge on any atom is 0.164 e. The summed E-state index contributed by atoms with van der Waals surface area (Å²) >= 11 is 9.71. The van der Waals surface area contributed by atoms with Crippen molar-refractivity contribution in [3.63, 3.8) is 0 Å². The molecule has 0 spiro atoms. The third-order valence-corrected chi connectivity index (χ3v) is 4.08. The zero-order valence-corrected chi connectivity index (χ0v) is 16.9. The van der Waals surface area contributed by atoms with Crippen molar-refractivity contribution in [3.05, 3.63) is 65.0 Å². The zero-order chi connectivity index (χ0) is 20.4. The Balaban J connectivity index is 0.000000277. The molecule has 8 heteroatoms. The third-order valence-electron chi connectivity index (χ3n) is 3.47. The molecule has 142 valence electrons. The molecule has 0 atom stereocenters. The number of halogens is 1. The monoisotopic (exact) mass is 403 g/mol. The number of pyridine rings is 1. The summed E-state index contributed by atoms with van der Waals surface area (Å²) < 4.78 is 5.20. The largest absolute Gasteiger partial charge is 0.486 e. The number of aromatic nitrogens is 1. The van der Waals surface area contributed by atoms with E-state index in [1.807, 2.05) is 19.1 Å². The minimum atomic E-state index is 0.219. The number of ether oxygens (including phenoxy) is 1. The Morgan fingerprint density at radius 3 is 2.78 bits per heavy atom. The van der Waals surface area contributed by atoms with Gasteiger partial charge in [-0.1, -0.05) is 30.3 Å². The fraction of sp³-hybridized carbons (Fsp3) is 0.211. The van der Waals surface area contributed by atoms with Crippen molar-refractivity contribution in [2.24, 2.45) is 0 Å². The third kappa shape index (κ3) is 7.21. The summed E-state index contributed by atoms with van der Waals surface area (Å²) in [6.45, 7) is 6.49. The van der Waals surface area contributed by atoms with E-state index in [1.54, 1.807) is 24.1 Å². The molecule has 1 heterocycles. The highest BCUT2D eigenvalue weighted by Gasteiger charge is 2.05. The average molecular weight is 404 g/mol. The minimum Gasteiger partial charge on any atom is -0.486 e. The molecule has 1 aromatic heterocycles. The van der Waals surface area contributed by atoms with E-state index in [0.29, 0.717) is 35.2 Å². The van der Waals surface area contributed by atoms with Crippen LogP contribution in [0.1, 0.15) is 16.7 Å². The molecule has 2 rings (SSSR count). The highest BCUT2D eigenvalue weighted by Crippen LogP contribution is 2.29. The van der Waals surface area contributed by atoms with Gasteiger partial charge in [0.1, 0.15) is 11.6 Å². The lowest BCUT2D eigenvalue weighted by atomic mass is 10.1. The van der Waals surface area contributed by atoms with E-state index >= 15 is 0 Å². The number of thiol groups is 1. The molecular formula is C19H22ClN5OS. The Kier molecular flexibility index (Phi) is 9.20. The lowest BCUT2D eigenvalue weighted by Crippen LogP contribution is -2.21. The number of benzene rings is 1. The Labute approximate surface area is 170 Å². The number of nitrogen functional groups attached to an aromatic ring is 1. The number of amidine groups is 1. The van der Waals surface area contributed by atoms with Crippen LogP contribution in [0.25, 0.3) is 0 Å². The molecule has 0 aliphatic heterocycles. The zero-order valence-electron chi connectivity index (χ0n) is 15.2. The summed E-state index contributed by atoms with van der Waals surface area (Å²) in [6, 6.07) is 7.67. The van der Waals surface area contributed by atoms with Crippen molar-refractivity contribution in [2.45, 2.75) is 13.5 Å². The number of aryl methyl sites for hydroxylation is 1. The second-order valence-electron chi connectivity index (χ2n) is 5.57. The maximum absolute atomic E-state index is 8.78. The number of anilines is 1. The van der Waals surface area contributed by atoms with E-state index < -0.39 is 0 Å². The molecule has 0 saturated carbocycles. The lowest BCUT2D eigenvalue weighted by molar-refractivity contribution is 0.365. The average Bonchev–Trinajstić information content (AvgIpc) is 2.63. The summed E-state index contributed by atoms with van der Waals surface area (Å²) in [4.78, 5) is 5.50. The number of hydrogen-bond acceptors (Lipinski definition) is 5. The summed E-state index contributed by atoms with van der Waals surface area (Å²) in [5.74, 6) is 0.464. The Bertz CT molecular complexity index is 830. The molecule has 0 radical (unpaired) electrons. The highest BCUT2D eigenvalue weighted by atomic mass is 35.5.